The van der Waals surface area contributed by atoms with E-state index in [1.165, 1.54) is 6.92 Å². The number of carbonyl (C=O) groups excluding carboxylic acids is 7. The number of alkyl carbamates (subject to hydrolysis) is 2. The summed E-state index contributed by atoms with van der Waals surface area (Å²) >= 11 is 0. The first-order valence-corrected chi connectivity index (χ1v) is 22.4. The van der Waals surface area contributed by atoms with Gasteiger partial charge in [-0.3, -0.25) is 30.1 Å². The van der Waals surface area contributed by atoms with Gasteiger partial charge in [0, 0.05) is 31.8 Å². The van der Waals surface area contributed by atoms with Gasteiger partial charge in [0.25, 0.3) is 0 Å². The molecule has 0 unspecified atom stereocenters. The molecule has 0 radical (unpaired) electrons. The van der Waals surface area contributed by atoms with Gasteiger partial charge < -0.3 is 43.8 Å². The molecule has 1 aromatic rings. The molecule has 1 aliphatic rings. The zero-order valence-electron chi connectivity index (χ0n) is 42.0. The number of amides is 5. The summed E-state index contributed by atoms with van der Waals surface area (Å²) < 4.78 is 54.1. The maximum absolute atomic E-state index is 15.5. The van der Waals surface area contributed by atoms with E-state index in [9.17, 15) is 38.4 Å². The van der Waals surface area contributed by atoms with Gasteiger partial charge in [0.1, 0.15) is 28.2 Å². The highest BCUT2D eigenvalue weighted by molar-refractivity contribution is 5.99. The molecule has 1 aromatic heterocycles. The fraction of sp³-hybridized carbons (Fsp3) is 0.705. The molecule has 5 amide bonds. The van der Waals surface area contributed by atoms with Gasteiger partial charge in [0.15, 0.2) is 24.0 Å². The van der Waals surface area contributed by atoms with Gasteiger partial charge in [0.05, 0.1) is 25.3 Å². The monoisotopic (exact) mass is 983 g/mol. The van der Waals surface area contributed by atoms with Crippen LogP contribution in [0.3, 0.4) is 0 Å². The average Bonchev–Trinajstić information content (AvgIpc) is 3.44. The first-order valence-electron chi connectivity index (χ1n) is 22.4. The number of nitrogens with zero attached hydrogens (tertiary/aromatic N) is 4. The smallest absolute Gasteiger partial charge is 0.437 e. The van der Waals surface area contributed by atoms with Crippen molar-refractivity contribution >= 4 is 60.0 Å². The number of ether oxygens (including phenoxy) is 7. The van der Waals surface area contributed by atoms with E-state index < -0.39 is 119 Å². The highest BCUT2D eigenvalue weighted by Crippen LogP contribution is 2.38. The molecule has 25 heteroatoms. The van der Waals surface area contributed by atoms with Crippen molar-refractivity contribution in [3.8, 4) is 0 Å². The minimum atomic E-state index is -1.55. The van der Waals surface area contributed by atoms with E-state index in [1.807, 2.05) is 6.92 Å². The molecule has 1 saturated heterocycles. The van der Waals surface area contributed by atoms with Crippen LogP contribution in [0.15, 0.2) is 21.0 Å². The molecule has 1 fully saturated rings. The average molecular weight is 984 g/mol. The minimum absolute atomic E-state index is 0.0484. The lowest BCUT2D eigenvalue weighted by Gasteiger charge is -2.25. The van der Waals surface area contributed by atoms with E-state index in [0.717, 1.165) is 12.8 Å². The number of nitrogens with one attached hydrogen (secondary N) is 5. The van der Waals surface area contributed by atoms with Gasteiger partial charge in [0.2, 0.25) is 11.9 Å². The Morgan fingerprint density at radius 3 is 1.71 bits per heavy atom. The van der Waals surface area contributed by atoms with Crippen molar-refractivity contribution in [1.29, 1.82) is 0 Å². The Morgan fingerprint density at radius 1 is 0.739 bits per heavy atom. The fourth-order valence-corrected chi connectivity index (χ4v) is 5.85. The molecule has 2 heterocycles. The number of unbranched alkanes of at least 4 members (excludes halogenated alkanes) is 2. The van der Waals surface area contributed by atoms with Crippen LogP contribution in [0.1, 0.15) is 142 Å². The van der Waals surface area contributed by atoms with Crippen LogP contribution in [0.4, 0.5) is 34.2 Å². The van der Waals surface area contributed by atoms with E-state index in [-0.39, 0.29) is 38.5 Å². The van der Waals surface area contributed by atoms with Crippen molar-refractivity contribution in [2.75, 3.05) is 25.0 Å². The summed E-state index contributed by atoms with van der Waals surface area (Å²) in [5.74, 6) is -5.07. The first kappa shape index (κ1) is 58.7. The molecule has 5 N–H and O–H groups in total. The summed E-state index contributed by atoms with van der Waals surface area (Å²) in [6.07, 6.45) is -7.18. The van der Waals surface area contributed by atoms with Gasteiger partial charge in [-0.25, -0.2) is 33.2 Å². The molecule has 2 rings (SSSR count). The van der Waals surface area contributed by atoms with Crippen LogP contribution >= 0.6 is 0 Å². The van der Waals surface area contributed by atoms with Gasteiger partial charge in [-0.05, 0) is 96.4 Å². The van der Waals surface area contributed by atoms with Crippen molar-refractivity contribution in [2.45, 2.75) is 176 Å². The van der Waals surface area contributed by atoms with Crippen LogP contribution < -0.4 is 32.3 Å². The van der Waals surface area contributed by atoms with E-state index in [0.29, 0.717) is 17.2 Å². The molecule has 0 aliphatic carbocycles. The first-order chi connectivity index (χ1) is 31.7. The molecule has 4 atom stereocenters. The lowest BCUT2D eigenvalue weighted by atomic mass is 9.91. The number of rotatable bonds is 15. The Bertz CT molecular complexity index is 2100. The third-order valence-electron chi connectivity index (χ3n) is 8.52. The molecule has 388 valence electrons. The van der Waals surface area contributed by atoms with E-state index >= 15 is 4.39 Å². The van der Waals surface area contributed by atoms with Crippen molar-refractivity contribution in [2.24, 2.45) is 15.9 Å². The van der Waals surface area contributed by atoms with E-state index in [2.05, 4.69) is 41.6 Å². The normalized spacial score (nSPS) is 17.7. The second kappa shape index (κ2) is 25.8. The van der Waals surface area contributed by atoms with Crippen molar-refractivity contribution < 1.29 is 71.1 Å². The summed E-state index contributed by atoms with van der Waals surface area (Å²) in [5, 5.41) is 12.1. The predicted molar refractivity (Wildman–Crippen MR) is 247 cm³/mol. The largest absolute Gasteiger partial charge is 0.457 e. The quantitative estimate of drug-likeness (QED) is 0.0435. The Labute approximate surface area is 400 Å². The van der Waals surface area contributed by atoms with Gasteiger partial charge in [-0.1, -0.05) is 19.8 Å². The van der Waals surface area contributed by atoms with Crippen LogP contribution in [0, 0.1) is 11.7 Å². The third-order valence-corrected chi connectivity index (χ3v) is 8.52. The number of anilines is 1. The second-order valence-corrected chi connectivity index (χ2v) is 19.7. The summed E-state index contributed by atoms with van der Waals surface area (Å²) in [4.78, 5) is 114. The maximum Gasteiger partial charge on any atom is 0.437 e. The molecule has 0 bridgehead atoms. The molecule has 69 heavy (non-hydrogen) atoms. The van der Waals surface area contributed by atoms with Crippen LogP contribution in [0.5, 0.6) is 0 Å². The molecular formula is C44H70FN9O15. The number of ketones is 1. The lowest BCUT2D eigenvalue weighted by molar-refractivity contribution is -0.157. The van der Waals surface area contributed by atoms with E-state index in [4.69, 9.17) is 33.2 Å². The Hall–Kier alpha value is -6.40. The predicted octanol–water partition coefficient (Wildman–Crippen LogP) is 6.12. The summed E-state index contributed by atoms with van der Waals surface area (Å²) in [6, 6.07) is 0. The van der Waals surface area contributed by atoms with Gasteiger partial charge >= 0.3 is 42.1 Å². The number of hydrogen-bond donors (Lipinski definition) is 5. The van der Waals surface area contributed by atoms with Crippen molar-refractivity contribution in [3.05, 3.63) is 22.5 Å². The topological polar surface area (TPSA) is 304 Å². The van der Waals surface area contributed by atoms with E-state index in [1.54, 1.807) is 83.1 Å². The number of carbonyl (C=O) groups is 7. The SMILES string of the molecule is CCCCCOC(=O)Nc1nc(=O)n([C@@H]2O[C@H](C)[C@@H](CC(=O)CCN/C(=N/C(=O)OC(C)(C)C)NC(=O)OC(C)(C)C)[C@H]2OC(=O)CCN/C(=N/C(=O)OC(C)(C)C)NC(=O)OC(C)(C)C)cc1F. The third kappa shape index (κ3) is 23.9. The van der Waals surface area contributed by atoms with Gasteiger partial charge in [-0.15, -0.1) is 9.98 Å². The number of aromatic nitrogens is 2. The highest BCUT2D eigenvalue weighted by Gasteiger charge is 2.47. The molecule has 0 spiro atoms. The Morgan fingerprint density at radius 2 is 1.23 bits per heavy atom. The van der Waals surface area contributed by atoms with Crippen molar-refractivity contribution in [3.63, 3.8) is 0 Å². The zero-order valence-corrected chi connectivity index (χ0v) is 42.0. The Kier molecular flexibility index (Phi) is 22.0. The number of Topliss-reactive ketones (excluding diaryl/α,β-unsaturated/α-hetero) is 1. The molecule has 0 saturated carbocycles. The standard InChI is InChI=1S/C44H70FN9O15/c1-15-16-17-22-63-36(58)49-31-28(45)24-54(35(57)48-31)32-30(65-29(56)19-21-47-34(52-39(61)68-43(9,10)11)53-40(62)69-44(12,13)14)27(25(2)64-32)23-26(55)18-20-46-33(50-37(59)66-41(3,4)5)51-38(60)67-42(6,7)8/h24-25,27,30,32H,15-23H2,1-14H3,(H,48,49,57,58)(H2,46,50,51,59,60)(H2,47,52,53,61,62)/t25-,27-,30-,32-/m1/s1. The van der Waals surface area contributed by atoms with Crippen LogP contribution in [0.25, 0.3) is 0 Å². The second-order valence-electron chi connectivity index (χ2n) is 19.7. The number of guanidine groups is 2. The molecule has 24 nitrogen and oxygen atoms in total. The summed E-state index contributed by atoms with van der Waals surface area (Å²) in [7, 11) is 0. The minimum Gasteiger partial charge on any atom is -0.457 e. The highest BCUT2D eigenvalue weighted by atomic mass is 19.1. The number of aliphatic imine (C=N–C) groups is 2. The number of esters is 1. The molecular weight excluding hydrogens is 914 g/mol. The lowest BCUT2D eigenvalue weighted by Crippen LogP contribution is -2.45. The Balaban J connectivity index is 2.41. The maximum atomic E-state index is 15.5. The van der Waals surface area contributed by atoms with Gasteiger partial charge in [-0.2, -0.15) is 4.98 Å². The molecule has 1 aliphatic heterocycles. The number of halogens is 1. The molecule has 0 aromatic carbocycles. The summed E-state index contributed by atoms with van der Waals surface area (Å²) in [5.41, 5.74) is -4.82. The van der Waals surface area contributed by atoms with Crippen LogP contribution in [0.2, 0.25) is 0 Å². The zero-order chi connectivity index (χ0) is 52.5. The number of hydrogen-bond acceptors (Lipinski definition) is 16. The van der Waals surface area contributed by atoms with Crippen molar-refractivity contribution in [1.82, 2.24) is 30.8 Å². The summed E-state index contributed by atoms with van der Waals surface area (Å²) in [6.45, 7) is 22.4. The van der Waals surface area contributed by atoms with Crippen LogP contribution in [-0.4, -0.2) is 118 Å². The fourth-order valence-electron chi connectivity index (χ4n) is 5.85. The van der Waals surface area contributed by atoms with Crippen LogP contribution in [-0.2, 0) is 42.7 Å².